The average Bonchev–Trinajstić information content (AvgIpc) is 2.60. The first-order valence-electron chi connectivity index (χ1n) is 7.67. The molecule has 0 aliphatic rings. The van der Waals surface area contributed by atoms with Gasteiger partial charge in [0.05, 0.1) is 10.7 Å². The van der Waals surface area contributed by atoms with Crippen LogP contribution < -0.4 is 14.8 Å². The molecule has 1 amide bonds. The number of carbonyl (C=O) groups excluding carboxylic acids is 1. The van der Waals surface area contributed by atoms with E-state index in [0.29, 0.717) is 23.7 Å². The first-order chi connectivity index (χ1) is 12.4. The third-order valence-corrected chi connectivity index (χ3v) is 4.13. The van der Waals surface area contributed by atoms with Gasteiger partial charge in [0.25, 0.3) is 0 Å². The quantitative estimate of drug-likeness (QED) is 0.482. The molecule has 0 aliphatic heterocycles. The van der Waals surface area contributed by atoms with Crippen LogP contribution >= 0.6 is 22.6 Å². The second-order valence-corrected chi connectivity index (χ2v) is 6.51. The van der Waals surface area contributed by atoms with Crippen molar-refractivity contribution in [2.24, 2.45) is 0 Å². The van der Waals surface area contributed by atoms with Crippen LogP contribution in [0.4, 0.5) is 0 Å². The van der Waals surface area contributed by atoms with E-state index in [9.17, 15) is 14.7 Å². The van der Waals surface area contributed by atoms with Gasteiger partial charge in [-0.3, -0.25) is 4.79 Å². The minimum Gasteiger partial charge on any atom is -0.493 e. The fourth-order valence-corrected chi connectivity index (χ4v) is 2.98. The number of amides is 1. The first-order valence-corrected chi connectivity index (χ1v) is 8.75. The third kappa shape index (κ3) is 5.48. The van der Waals surface area contributed by atoms with E-state index < -0.39 is 11.9 Å². The Kier molecular flexibility index (Phi) is 7.02. The van der Waals surface area contributed by atoms with Crippen LogP contribution in [-0.2, 0) is 16.2 Å². The Morgan fingerprint density at radius 3 is 2.50 bits per heavy atom. The van der Waals surface area contributed by atoms with Crippen molar-refractivity contribution in [1.82, 2.24) is 5.32 Å². The lowest BCUT2D eigenvalue weighted by atomic mass is 10.1. The molecule has 0 atom stereocenters. The maximum atomic E-state index is 11.3. The van der Waals surface area contributed by atoms with Gasteiger partial charge in [-0.25, -0.2) is 4.79 Å². The van der Waals surface area contributed by atoms with Gasteiger partial charge < -0.3 is 19.9 Å². The summed E-state index contributed by atoms with van der Waals surface area (Å²) in [6, 6.07) is 13.1. The molecule has 0 saturated carbocycles. The zero-order valence-electron chi connectivity index (χ0n) is 14.3. The number of ether oxygens (including phenoxy) is 2. The number of rotatable bonds is 7. The molecule has 6 nitrogen and oxygen atoms in total. The van der Waals surface area contributed by atoms with E-state index in [4.69, 9.17) is 9.47 Å². The number of nitrogens with one attached hydrogen (secondary N) is 1. The van der Waals surface area contributed by atoms with Crippen LogP contribution in [0.3, 0.4) is 0 Å². The summed E-state index contributed by atoms with van der Waals surface area (Å²) in [5.74, 6) is -0.626. The van der Waals surface area contributed by atoms with Crippen molar-refractivity contribution in [2.75, 3.05) is 7.11 Å². The van der Waals surface area contributed by atoms with E-state index in [1.54, 1.807) is 12.1 Å². The van der Waals surface area contributed by atoms with E-state index in [0.717, 1.165) is 9.13 Å². The minimum atomic E-state index is -1.22. The summed E-state index contributed by atoms with van der Waals surface area (Å²) in [7, 11) is 1.51. The van der Waals surface area contributed by atoms with Gasteiger partial charge in [-0.1, -0.05) is 30.3 Å². The molecule has 7 heteroatoms. The molecule has 0 unspecified atom stereocenters. The maximum Gasteiger partial charge on any atom is 0.352 e. The van der Waals surface area contributed by atoms with E-state index >= 15 is 0 Å². The number of carbonyl (C=O) groups is 2. The molecule has 0 heterocycles. The Morgan fingerprint density at radius 2 is 1.92 bits per heavy atom. The normalized spacial score (nSPS) is 11.0. The molecular formula is C19H18INO5. The van der Waals surface area contributed by atoms with Crippen LogP contribution in [0, 0.1) is 3.57 Å². The SMILES string of the molecule is COc1cc(C=C(NC(C)=O)C(=O)O)cc(I)c1OCc1ccccc1. The molecule has 136 valence electrons. The van der Waals surface area contributed by atoms with Crippen molar-refractivity contribution in [3.05, 3.63) is 62.9 Å². The minimum absolute atomic E-state index is 0.215. The smallest absolute Gasteiger partial charge is 0.352 e. The molecule has 2 aromatic carbocycles. The Labute approximate surface area is 165 Å². The largest absolute Gasteiger partial charge is 0.493 e. The predicted octanol–water partition coefficient (Wildman–Crippen LogP) is 3.44. The Bertz CT molecular complexity index is 833. The third-order valence-electron chi connectivity index (χ3n) is 3.33. The van der Waals surface area contributed by atoms with Crippen LogP contribution in [-0.4, -0.2) is 24.1 Å². The second-order valence-electron chi connectivity index (χ2n) is 5.35. The average molecular weight is 467 g/mol. The van der Waals surface area contributed by atoms with Gasteiger partial charge in [-0.05, 0) is 51.9 Å². The summed E-state index contributed by atoms with van der Waals surface area (Å²) >= 11 is 2.10. The lowest BCUT2D eigenvalue weighted by Crippen LogP contribution is -2.24. The molecule has 0 bridgehead atoms. The zero-order valence-corrected chi connectivity index (χ0v) is 16.4. The van der Waals surface area contributed by atoms with Gasteiger partial charge in [-0.15, -0.1) is 0 Å². The van der Waals surface area contributed by atoms with Crippen LogP contribution in [0.25, 0.3) is 6.08 Å². The summed E-state index contributed by atoms with van der Waals surface area (Å²) < 4.78 is 12.0. The number of carboxylic acids is 1. The summed E-state index contributed by atoms with van der Waals surface area (Å²) in [6.07, 6.45) is 1.37. The molecule has 0 aromatic heterocycles. The van der Waals surface area contributed by atoms with Crippen LogP contribution in [0.15, 0.2) is 48.2 Å². The Balaban J connectivity index is 2.30. The number of methoxy groups -OCH3 is 1. The monoisotopic (exact) mass is 467 g/mol. The Hall–Kier alpha value is -2.55. The van der Waals surface area contributed by atoms with Crippen molar-refractivity contribution in [1.29, 1.82) is 0 Å². The van der Waals surface area contributed by atoms with Crippen LogP contribution in [0.5, 0.6) is 11.5 Å². The highest BCUT2D eigenvalue weighted by Crippen LogP contribution is 2.35. The molecule has 2 aromatic rings. The molecule has 0 spiro atoms. The molecule has 0 radical (unpaired) electrons. The van der Waals surface area contributed by atoms with E-state index in [2.05, 4.69) is 27.9 Å². The molecule has 0 fully saturated rings. The fourth-order valence-electron chi connectivity index (χ4n) is 2.20. The van der Waals surface area contributed by atoms with Gasteiger partial charge in [0.15, 0.2) is 11.5 Å². The number of carboxylic acid groups (broad SMARTS) is 1. The lowest BCUT2D eigenvalue weighted by molar-refractivity contribution is -0.134. The lowest BCUT2D eigenvalue weighted by Gasteiger charge is -2.14. The highest BCUT2D eigenvalue weighted by atomic mass is 127. The van der Waals surface area contributed by atoms with E-state index in [1.807, 2.05) is 30.3 Å². The molecule has 2 N–H and O–H groups in total. The van der Waals surface area contributed by atoms with Gasteiger partial charge in [0.2, 0.25) is 5.91 Å². The van der Waals surface area contributed by atoms with Gasteiger partial charge in [-0.2, -0.15) is 0 Å². The summed E-state index contributed by atoms with van der Waals surface area (Å²) in [5.41, 5.74) is 1.38. The molecule has 26 heavy (non-hydrogen) atoms. The number of benzene rings is 2. The Morgan fingerprint density at radius 1 is 1.23 bits per heavy atom. The number of aliphatic carboxylic acids is 1. The summed E-state index contributed by atoms with van der Waals surface area (Å²) in [6.45, 7) is 1.64. The molecule has 0 aliphatic carbocycles. The van der Waals surface area contributed by atoms with Gasteiger partial charge in [0, 0.05) is 6.92 Å². The number of hydrogen-bond acceptors (Lipinski definition) is 4. The topological polar surface area (TPSA) is 84.9 Å². The van der Waals surface area contributed by atoms with Crippen LogP contribution in [0.1, 0.15) is 18.1 Å². The van der Waals surface area contributed by atoms with E-state index in [1.165, 1.54) is 20.1 Å². The second kappa shape index (κ2) is 9.23. The van der Waals surface area contributed by atoms with Crippen molar-refractivity contribution >= 4 is 40.5 Å². The summed E-state index contributed by atoms with van der Waals surface area (Å²) in [4.78, 5) is 22.4. The highest BCUT2D eigenvalue weighted by molar-refractivity contribution is 14.1. The predicted molar refractivity (Wildman–Crippen MR) is 106 cm³/mol. The first kappa shape index (κ1) is 19.8. The maximum absolute atomic E-state index is 11.3. The zero-order chi connectivity index (χ0) is 19.1. The van der Waals surface area contributed by atoms with Crippen molar-refractivity contribution < 1.29 is 24.2 Å². The number of hydrogen-bond donors (Lipinski definition) is 2. The molecule has 0 saturated heterocycles. The van der Waals surface area contributed by atoms with Gasteiger partial charge in [0.1, 0.15) is 12.3 Å². The van der Waals surface area contributed by atoms with Crippen molar-refractivity contribution in [3.8, 4) is 11.5 Å². The van der Waals surface area contributed by atoms with Crippen LogP contribution in [0.2, 0.25) is 0 Å². The molecule has 2 rings (SSSR count). The molecular weight excluding hydrogens is 449 g/mol. The fraction of sp³-hybridized carbons (Fsp3) is 0.158. The number of halogens is 1. The van der Waals surface area contributed by atoms with Crippen molar-refractivity contribution in [3.63, 3.8) is 0 Å². The van der Waals surface area contributed by atoms with E-state index in [-0.39, 0.29) is 5.70 Å². The summed E-state index contributed by atoms with van der Waals surface area (Å²) in [5, 5.41) is 11.5. The van der Waals surface area contributed by atoms with Crippen molar-refractivity contribution in [2.45, 2.75) is 13.5 Å². The van der Waals surface area contributed by atoms with Gasteiger partial charge >= 0.3 is 5.97 Å². The standard InChI is InChI=1S/C19H18INO5/c1-12(22)21-16(19(23)24)9-14-8-15(20)18(17(10-14)25-2)26-11-13-6-4-3-5-7-13/h3-10H,11H2,1-2H3,(H,21,22)(H,23,24). The highest BCUT2D eigenvalue weighted by Gasteiger charge is 2.14.